The summed E-state index contributed by atoms with van der Waals surface area (Å²) < 4.78 is 7.14. The highest BCUT2D eigenvalue weighted by molar-refractivity contribution is 6.30. The van der Waals surface area contributed by atoms with E-state index in [1.807, 2.05) is 54.0 Å². The third-order valence-corrected chi connectivity index (χ3v) is 3.58. The lowest BCUT2D eigenvalue weighted by atomic mass is 10.2. The van der Waals surface area contributed by atoms with Gasteiger partial charge in [0.15, 0.2) is 0 Å². The molecule has 0 aliphatic heterocycles. The molecule has 21 heavy (non-hydrogen) atoms. The van der Waals surface area contributed by atoms with Gasteiger partial charge >= 0.3 is 0 Å². The van der Waals surface area contributed by atoms with Crippen LogP contribution in [0.5, 0.6) is 5.75 Å². The summed E-state index contributed by atoms with van der Waals surface area (Å²) in [5, 5.41) is 4.09. The Bertz CT molecular complexity index is 782. The Morgan fingerprint density at radius 2 is 2.10 bits per heavy atom. The molecule has 0 aliphatic rings. The van der Waals surface area contributed by atoms with E-state index in [2.05, 4.69) is 10.3 Å². The van der Waals surface area contributed by atoms with E-state index in [1.165, 1.54) is 0 Å². The van der Waals surface area contributed by atoms with E-state index < -0.39 is 0 Å². The van der Waals surface area contributed by atoms with E-state index in [0.717, 1.165) is 28.3 Å². The quantitative estimate of drug-likeness (QED) is 0.794. The van der Waals surface area contributed by atoms with Gasteiger partial charge in [-0.3, -0.25) is 0 Å². The summed E-state index contributed by atoms with van der Waals surface area (Å²) in [5.41, 5.74) is 4.07. The van der Waals surface area contributed by atoms with Crippen molar-refractivity contribution in [2.24, 2.45) is 0 Å². The summed E-state index contributed by atoms with van der Waals surface area (Å²) >= 11 is 5.97. The SMILES string of the molecule is COc1ccc(NCc2cn3cc(Cl)ccc3n2)c(C)c1. The summed E-state index contributed by atoms with van der Waals surface area (Å²) in [6.45, 7) is 2.71. The van der Waals surface area contributed by atoms with Gasteiger partial charge in [-0.2, -0.15) is 0 Å². The number of halogens is 1. The minimum absolute atomic E-state index is 0.659. The number of fused-ring (bicyclic) bond motifs is 1. The number of anilines is 1. The number of hydrogen-bond acceptors (Lipinski definition) is 3. The number of imidazole rings is 1. The highest BCUT2D eigenvalue weighted by Gasteiger charge is 2.04. The predicted octanol–water partition coefficient (Wildman–Crippen LogP) is 3.92. The lowest BCUT2D eigenvalue weighted by Gasteiger charge is -2.09. The fourth-order valence-corrected chi connectivity index (χ4v) is 2.42. The molecule has 1 N–H and O–H groups in total. The maximum Gasteiger partial charge on any atom is 0.137 e. The Morgan fingerprint density at radius 1 is 1.24 bits per heavy atom. The first-order valence-electron chi connectivity index (χ1n) is 6.67. The highest BCUT2D eigenvalue weighted by atomic mass is 35.5. The van der Waals surface area contributed by atoms with Crippen molar-refractivity contribution in [1.82, 2.24) is 9.38 Å². The van der Waals surface area contributed by atoms with Crippen LogP contribution in [0.15, 0.2) is 42.7 Å². The summed E-state index contributed by atoms with van der Waals surface area (Å²) in [6.07, 6.45) is 3.83. The molecule has 3 rings (SSSR count). The Labute approximate surface area is 128 Å². The number of rotatable bonds is 4. The zero-order valence-electron chi connectivity index (χ0n) is 11.9. The molecule has 0 amide bonds. The average Bonchev–Trinajstić information content (AvgIpc) is 2.87. The van der Waals surface area contributed by atoms with Crippen LogP contribution >= 0.6 is 11.6 Å². The van der Waals surface area contributed by atoms with Crippen LogP contribution in [0.25, 0.3) is 5.65 Å². The first kappa shape index (κ1) is 13.8. The molecule has 2 heterocycles. The molecule has 0 unspecified atom stereocenters. The van der Waals surface area contributed by atoms with Crippen molar-refractivity contribution in [2.75, 3.05) is 12.4 Å². The van der Waals surface area contributed by atoms with Gasteiger partial charge in [-0.05, 0) is 42.8 Å². The predicted molar refractivity (Wildman–Crippen MR) is 85.3 cm³/mol. The number of aryl methyl sites for hydroxylation is 1. The maximum atomic E-state index is 5.97. The number of nitrogens with one attached hydrogen (secondary N) is 1. The standard InChI is InChI=1S/C16H16ClN3O/c1-11-7-14(21-2)4-5-15(11)18-8-13-10-20-9-12(17)3-6-16(20)19-13/h3-7,9-10,18H,8H2,1-2H3. The topological polar surface area (TPSA) is 38.6 Å². The number of aromatic nitrogens is 2. The highest BCUT2D eigenvalue weighted by Crippen LogP contribution is 2.21. The fraction of sp³-hybridized carbons (Fsp3) is 0.188. The van der Waals surface area contributed by atoms with Crippen molar-refractivity contribution >= 4 is 22.9 Å². The van der Waals surface area contributed by atoms with Crippen molar-refractivity contribution < 1.29 is 4.74 Å². The maximum absolute atomic E-state index is 5.97. The molecular formula is C16H16ClN3O. The second kappa shape index (κ2) is 5.66. The minimum atomic E-state index is 0.659. The summed E-state index contributed by atoms with van der Waals surface area (Å²) in [6, 6.07) is 9.71. The molecule has 0 atom stereocenters. The van der Waals surface area contributed by atoms with Gasteiger partial charge in [-0.25, -0.2) is 4.98 Å². The third-order valence-electron chi connectivity index (χ3n) is 3.36. The molecule has 108 valence electrons. The van der Waals surface area contributed by atoms with Gasteiger partial charge in [0.2, 0.25) is 0 Å². The van der Waals surface area contributed by atoms with Crippen LogP contribution in [0, 0.1) is 6.92 Å². The van der Waals surface area contributed by atoms with E-state index >= 15 is 0 Å². The largest absolute Gasteiger partial charge is 0.497 e. The van der Waals surface area contributed by atoms with Gasteiger partial charge in [0.25, 0.3) is 0 Å². The Morgan fingerprint density at radius 3 is 2.86 bits per heavy atom. The Kier molecular flexibility index (Phi) is 3.71. The van der Waals surface area contributed by atoms with Crippen LogP contribution in [0.4, 0.5) is 5.69 Å². The molecule has 0 aliphatic carbocycles. The van der Waals surface area contributed by atoms with Gasteiger partial charge in [-0.1, -0.05) is 11.6 Å². The van der Waals surface area contributed by atoms with Crippen LogP contribution in [-0.4, -0.2) is 16.5 Å². The zero-order chi connectivity index (χ0) is 14.8. The number of nitrogens with zero attached hydrogens (tertiary/aromatic N) is 2. The molecule has 0 saturated carbocycles. The first-order valence-corrected chi connectivity index (χ1v) is 7.05. The van der Waals surface area contributed by atoms with Crippen LogP contribution in [-0.2, 0) is 6.54 Å². The molecule has 0 radical (unpaired) electrons. The molecule has 4 nitrogen and oxygen atoms in total. The lowest BCUT2D eigenvalue weighted by molar-refractivity contribution is 0.414. The van der Waals surface area contributed by atoms with E-state index in [0.29, 0.717) is 11.6 Å². The fourth-order valence-electron chi connectivity index (χ4n) is 2.25. The normalized spacial score (nSPS) is 10.8. The second-order valence-electron chi connectivity index (χ2n) is 4.88. The zero-order valence-corrected chi connectivity index (χ0v) is 12.7. The smallest absolute Gasteiger partial charge is 0.137 e. The van der Waals surface area contributed by atoms with Crippen molar-refractivity contribution in [3.63, 3.8) is 0 Å². The molecule has 2 aromatic heterocycles. The molecular weight excluding hydrogens is 286 g/mol. The summed E-state index contributed by atoms with van der Waals surface area (Å²) in [5.74, 6) is 0.862. The average molecular weight is 302 g/mol. The van der Waals surface area contributed by atoms with E-state index in [-0.39, 0.29) is 0 Å². The monoisotopic (exact) mass is 301 g/mol. The second-order valence-corrected chi connectivity index (χ2v) is 5.32. The van der Waals surface area contributed by atoms with Crippen LogP contribution in [0.2, 0.25) is 5.02 Å². The summed E-state index contributed by atoms with van der Waals surface area (Å²) in [4.78, 5) is 4.55. The Balaban J connectivity index is 1.77. The minimum Gasteiger partial charge on any atom is -0.497 e. The van der Waals surface area contributed by atoms with Crippen LogP contribution < -0.4 is 10.1 Å². The van der Waals surface area contributed by atoms with Gasteiger partial charge < -0.3 is 14.5 Å². The molecule has 0 saturated heterocycles. The number of benzene rings is 1. The van der Waals surface area contributed by atoms with Crippen LogP contribution in [0.1, 0.15) is 11.3 Å². The molecule has 1 aromatic carbocycles. The third kappa shape index (κ3) is 2.95. The van der Waals surface area contributed by atoms with E-state index in [4.69, 9.17) is 16.3 Å². The molecule has 5 heteroatoms. The molecule has 3 aromatic rings. The molecule has 0 spiro atoms. The lowest BCUT2D eigenvalue weighted by Crippen LogP contribution is -2.01. The molecule has 0 bridgehead atoms. The van der Waals surface area contributed by atoms with Gasteiger partial charge in [0.1, 0.15) is 11.4 Å². The van der Waals surface area contributed by atoms with Gasteiger partial charge in [0, 0.05) is 18.1 Å². The number of ether oxygens (including phenoxy) is 1. The van der Waals surface area contributed by atoms with Crippen molar-refractivity contribution in [3.8, 4) is 5.75 Å². The van der Waals surface area contributed by atoms with E-state index in [9.17, 15) is 0 Å². The van der Waals surface area contributed by atoms with Gasteiger partial charge in [-0.15, -0.1) is 0 Å². The Hall–Kier alpha value is -2.20. The van der Waals surface area contributed by atoms with Crippen molar-refractivity contribution in [1.29, 1.82) is 0 Å². The molecule has 0 fully saturated rings. The number of pyridine rings is 1. The van der Waals surface area contributed by atoms with E-state index in [1.54, 1.807) is 7.11 Å². The van der Waals surface area contributed by atoms with Crippen LogP contribution in [0.3, 0.4) is 0 Å². The summed E-state index contributed by atoms with van der Waals surface area (Å²) in [7, 11) is 1.67. The first-order chi connectivity index (χ1) is 10.2. The van der Waals surface area contributed by atoms with Crippen molar-refractivity contribution in [3.05, 3.63) is 59.0 Å². The van der Waals surface area contributed by atoms with Crippen molar-refractivity contribution in [2.45, 2.75) is 13.5 Å². The number of methoxy groups -OCH3 is 1. The number of hydrogen-bond donors (Lipinski definition) is 1. The van der Waals surface area contributed by atoms with Gasteiger partial charge in [0.05, 0.1) is 24.4 Å².